The second-order valence-corrected chi connectivity index (χ2v) is 5.25. The first-order valence-corrected chi connectivity index (χ1v) is 7.64. The predicted molar refractivity (Wildman–Crippen MR) is 106 cm³/mol. The highest BCUT2D eigenvalue weighted by Gasteiger charge is 2.00. The van der Waals surface area contributed by atoms with Crippen LogP contribution in [0.25, 0.3) is 0 Å². The fraction of sp³-hybridized carbons (Fsp3) is 0.278. The molecule has 0 aliphatic rings. The number of nitrogens with one attached hydrogen (secondary N) is 2. The van der Waals surface area contributed by atoms with Gasteiger partial charge in [0.1, 0.15) is 11.6 Å². The van der Waals surface area contributed by atoms with Crippen molar-refractivity contribution in [3.8, 4) is 5.75 Å². The molecule has 0 unspecified atom stereocenters. The fourth-order valence-corrected chi connectivity index (χ4v) is 2.22. The molecule has 2 rings (SSSR count). The molecule has 0 fully saturated rings. The molecule has 4 nitrogen and oxygen atoms in total. The van der Waals surface area contributed by atoms with Crippen molar-refractivity contribution in [1.82, 2.24) is 10.6 Å². The van der Waals surface area contributed by atoms with Gasteiger partial charge in [0.2, 0.25) is 0 Å². The van der Waals surface area contributed by atoms with Gasteiger partial charge in [-0.2, -0.15) is 0 Å². The van der Waals surface area contributed by atoms with E-state index in [0.717, 1.165) is 24.9 Å². The Morgan fingerprint density at radius 1 is 1.08 bits per heavy atom. The molecule has 0 aromatic heterocycles. The SMILES string of the molecule is CN=C(NCCCc1ccc(O)cc1)NCc1cccc(F)c1.I. The van der Waals surface area contributed by atoms with Crippen molar-refractivity contribution >= 4 is 29.9 Å². The first-order valence-electron chi connectivity index (χ1n) is 7.64. The molecule has 24 heavy (non-hydrogen) atoms. The molecule has 0 spiro atoms. The van der Waals surface area contributed by atoms with E-state index in [0.29, 0.717) is 12.5 Å². The lowest BCUT2D eigenvalue weighted by Gasteiger charge is -2.12. The maximum absolute atomic E-state index is 13.1. The lowest BCUT2D eigenvalue weighted by Crippen LogP contribution is -2.37. The molecule has 0 atom stereocenters. The standard InChI is InChI=1S/C18H22FN3O.HI/c1-20-18(22-13-15-4-2-6-16(19)12-15)21-11-3-5-14-7-9-17(23)10-8-14;/h2,4,6-10,12,23H,3,5,11,13H2,1H3,(H2,20,21,22);1H. The molecule has 3 N–H and O–H groups in total. The summed E-state index contributed by atoms with van der Waals surface area (Å²) in [6.07, 6.45) is 1.87. The highest BCUT2D eigenvalue weighted by atomic mass is 127. The Hall–Kier alpha value is -1.83. The van der Waals surface area contributed by atoms with Crippen molar-refractivity contribution in [2.45, 2.75) is 19.4 Å². The number of hydrogen-bond acceptors (Lipinski definition) is 2. The van der Waals surface area contributed by atoms with Gasteiger partial charge in [-0.05, 0) is 48.2 Å². The molecule has 0 bridgehead atoms. The van der Waals surface area contributed by atoms with Crippen LogP contribution in [0.1, 0.15) is 17.5 Å². The molecular weight excluding hydrogens is 420 g/mol. The zero-order chi connectivity index (χ0) is 16.5. The van der Waals surface area contributed by atoms with E-state index in [9.17, 15) is 9.50 Å². The predicted octanol–water partition coefficient (Wildman–Crippen LogP) is 3.45. The van der Waals surface area contributed by atoms with Crippen LogP contribution in [0.5, 0.6) is 5.75 Å². The van der Waals surface area contributed by atoms with Gasteiger partial charge in [0.15, 0.2) is 5.96 Å². The zero-order valence-electron chi connectivity index (χ0n) is 13.6. The summed E-state index contributed by atoms with van der Waals surface area (Å²) < 4.78 is 13.1. The summed E-state index contributed by atoms with van der Waals surface area (Å²) in [6, 6.07) is 13.7. The second kappa shape index (κ2) is 10.9. The van der Waals surface area contributed by atoms with Crippen LogP contribution in [0.3, 0.4) is 0 Å². The van der Waals surface area contributed by atoms with Gasteiger partial charge in [-0.15, -0.1) is 24.0 Å². The van der Waals surface area contributed by atoms with Crippen LogP contribution in [0, 0.1) is 5.82 Å². The molecular formula is C18H23FIN3O. The van der Waals surface area contributed by atoms with Gasteiger partial charge >= 0.3 is 0 Å². The number of aliphatic imine (C=N–C) groups is 1. The van der Waals surface area contributed by atoms with Crippen molar-refractivity contribution in [2.75, 3.05) is 13.6 Å². The number of halogens is 2. The summed E-state index contributed by atoms with van der Waals surface area (Å²) in [5.41, 5.74) is 2.06. The van der Waals surface area contributed by atoms with Crippen LogP contribution in [-0.2, 0) is 13.0 Å². The van der Waals surface area contributed by atoms with E-state index in [1.807, 2.05) is 18.2 Å². The minimum absolute atomic E-state index is 0. The minimum Gasteiger partial charge on any atom is -0.508 e. The Kier molecular flexibility index (Phi) is 9.14. The first-order chi connectivity index (χ1) is 11.2. The monoisotopic (exact) mass is 443 g/mol. The van der Waals surface area contributed by atoms with Crippen LogP contribution in [0.4, 0.5) is 4.39 Å². The van der Waals surface area contributed by atoms with Gasteiger partial charge in [0, 0.05) is 20.1 Å². The average molecular weight is 443 g/mol. The van der Waals surface area contributed by atoms with Crippen LogP contribution >= 0.6 is 24.0 Å². The van der Waals surface area contributed by atoms with E-state index < -0.39 is 0 Å². The smallest absolute Gasteiger partial charge is 0.191 e. The van der Waals surface area contributed by atoms with Crippen molar-refractivity contribution < 1.29 is 9.50 Å². The van der Waals surface area contributed by atoms with E-state index in [-0.39, 0.29) is 35.5 Å². The van der Waals surface area contributed by atoms with Gasteiger partial charge in [0.25, 0.3) is 0 Å². The van der Waals surface area contributed by atoms with Gasteiger partial charge in [-0.1, -0.05) is 24.3 Å². The van der Waals surface area contributed by atoms with Crippen molar-refractivity contribution in [1.29, 1.82) is 0 Å². The number of aromatic hydroxyl groups is 1. The van der Waals surface area contributed by atoms with Crippen LogP contribution in [0.2, 0.25) is 0 Å². The molecule has 0 saturated heterocycles. The van der Waals surface area contributed by atoms with Gasteiger partial charge in [0.05, 0.1) is 0 Å². The fourth-order valence-electron chi connectivity index (χ4n) is 2.22. The molecule has 130 valence electrons. The van der Waals surface area contributed by atoms with Crippen molar-refractivity contribution in [3.63, 3.8) is 0 Å². The number of aryl methyl sites for hydroxylation is 1. The number of benzene rings is 2. The maximum atomic E-state index is 13.1. The van der Waals surface area contributed by atoms with E-state index in [1.54, 1.807) is 25.2 Å². The summed E-state index contributed by atoms with van der Waals surface area (Å²) in [7, 11) is 1.71. The number of rotatable bonds is 6. The van der Waals surface area contributed by atoms with E-state index in [2.05, 4.69) is 15.6 Å². The topological polar surface area (TPSA) is 56.7 Å². The Morgan fingerprint density at radius 2 is 1.83 bits per heavy atom. The Labute approximate surface area is 159 Å². The third-order valence-corrected chi connectivity index (χ3v) is 3.44. The summed E-state index contributed by atoms with van der Waals surface area (Å²) in [5.74, 6) is 0.745. The average Bonchev–Trinajstić information content (AvgIpc) is 2.56. The molecule has 0 heterocycles. The highest BCUT2D eigenvalue weighted by molar-refractivity contribution is 14.0. The largest absolute Gasteiger partial charge is 0.508 e. The third kappa shape index (κ3) is 7.16. The molecule has 0 radical (unpaired) electrons. The van der Waals surface area contributed by atoms with Gasteiger partial charge in [-0.3, -0.25) is 4.99 Å². The summed E-state index contributed by atoms with van der Waals surface area (Å²) >= 11 is 0. The maximum Gasteiger partial charge on any atom is 0.191 e. The van der Waals surface area contributed by atoms with E-state index in [4.69, 9.17) is 0 Å². The lowest BCUT2D eigenvalue weighted by molar-refractivity contribution is 0.475. The minimum atomic E-state index is -0.235. The summed E-state index contributed by atoms with van der Waals surface area (Å²) in [6.45, 7) is 1.30. The summed E-state index contributed by atoms with van der Waals surface area (Å²) in [5, 5.41) is 15.6. The van der Waals surface area contributed by atoms with Crippen LogP contribution in [-0.4, -0.2) is 24.7 Å². The van der Waals surface area contributed by atoms with Gasteiger partial charge in [-0.25, -0.2) is 4.39 Å². The third-order valence-electron chi connectivity index (χ3n) is 3.44. The van der Waals surface area contributed by atoms with E-state index >= 15 is 0 Å². The molecule has 2 aromatic rings. The number of nitrogens with zero attached hydrogens (tertiary/aromatic N) is 1. The molecule has 2 aromatic carbocycles. The number of guanidine groups is 1. The molecule has 0 saturated carbocycles. The Balaban J connectivity index is 0.00000288. The molecule has 0 aliphatic heterocycles. The Bertz CT molecular complexity index is 647. The highest BCUT2D eigenvalue weighted by Crippen LogP contribution is 2.10. The van der Waals surface area contributed by atoms with Crippen LogP contribution < -0.4 is 10.6 Å². The number of hydrogen-bond donors (Lipinski definition) is 3. The number of phenols is 1. The first kappa shape index (κ1) is 20.2. The molecule has 6 heteroatoms. The lowest BCUT2D eigenvalue weighted by atomic mass is 10.1. The van der Waals surface area contributed by atoms with Gasteiger partial charge < -0.3 is 15.7 Å². The van der Waals surface area contributed by atoms with Crippen LogP contribution in [0.15, 0.2) is 53.5 Å². The van der Waals surface area contributed by atoms with Crippen molar-refractivity contribution in [2.24, 2.45) is 4.99 Å². The van der Waals surface area contributed by atoms with E-state index in [1.165, 1.54) is 17.7 Å². The molecule has 0 amide bonds. The Morgan fingerprint density at radius 3 is 2.50 bits per heavy atom. The second-order valence-electron chi connectivity index (χ2n) is 5.25. The summed E-state index contributed by atoms with van der Waals surface area (Å²) in [4.78, 5) is 4.15. The van der Waals surface area contributed by atoms with Crippen molar-refractivity contribution in [3.05, 3.63) is 65.5 Å². The molecule has 0 aliphatic carbocycles. The normalized spacial score (nSPS) is 10.8. The zero-order valence-corrected chi connectivity index (χ0v) is 16.0. The quantitative estimate of drug-likeness (QED) is 0.278. The number of phenolic OH excluding ortho intramolecular Hbond substituents is 1.